The SMILES string of the molecule is CCOC(=O)c1cn2c(cc1=O)-c1c3cccc(OC[C@@H]4CCC(=O)N4)c3nn1CC2C(C)(C)C. The number of fused-ring (bicyclic) bond motifs is 5. The van der Waals surface area contributed by atoms with E-state index in [9.17, 15) is 14.4 Å². The maximum atomic E-state index is 13.0. The monoisotopic (exact) mass is 478 g/mol. The van der Waals surface area contributed by atoms with Crippen LogP contribution in [0.1, 0.15) is 56.9 Å². The summed E-state index contributed by atoms with van der Waals surface area (Å²) in [5.74, 6) is 0.0701. The Kier molecular flexibility index (Phi) is 5.65. The van der Waals surface area contributed by atoms with Crippen LogP contribution in [0.3, 0.4) is 0 Å². The molecule has 35 heavy (non-hydrogen) atoms. The Bertz CT molecular complexity index is 1380. The summed E-state index contributed by atoms with van der Waals surface area (Å²) in [7, 11) is 0. The van der Waals surface area contributed by atoms with Crippen molar-refractivity contribution in [2.45, 2.75) is 59.2 Å². The van der Waals surface area contributed by atoms with E-state index in [-0.39, 0.29) is 41.0 Å². The molecule has 9 nitrogen and oxygen atoms in total. The summed E-state index contributed by atoms with van der Waals surface area (Å²) in [6.07, 6.45) is 2.91. The second kappa shape index (κ2) is 8.55. The van der Waals surface area contributed by atoms with Crippen molar-refractivity contribution < 1.29 is 19.1 Å². The molecule has 4 heterocycles. The number of hydrogen-bond acceptors (Lipinski definition) is 6. The maximum absolute atomic E-state index is 13.0. The summed E-state index contributed by atoms with van der Waals surface area (Å²) in [5.41, 5.74) is 1.70. The van der Waals surface area contributed by atoms with Crippen LogP contribution >= 0.6 is 0 Å². The van der Waals surface area contributed by atoms with Gasteiger partial charge in [-0.3, -0.25) is 14.3 Å². The fraction of sp³-hybridized carbons (Fsp3) is 0.462. The van der Waals surface area contributed by atoms with Crippen molar-refractivity contribution in [1.29, 1.82) is 0 Å². The summed E-state index contributed by atoms with van der Waals surface area (Å²) in [6, 6.07) is 7.18. The summed E-state index contributed by atoms with van der Waals surface area (Å²) in [4.78, 5) is 37.0. The van der Waals surface area contributed by atoms with E-state index in [2.05, 4.69) is 26.1 Å². The van der Waals surface area contributed by atoms with Gasteiger partial charge in [0.2, 0.25) is 5.91 Å². The van der Waals surface area contributed by atoms with Crippen LogP contribution in [0, 0.1) is 5.41 Å². The molecule has 2 aliphatic rings. The number of amides is 1. The van der Waals surface area contributed by atoms with E-state index in [1.165, 1.54) is 6.07 Å². The number of carbonyl (C=O) groups excluding carboxylic acids is 2. The van der Waals surface area contributed by atoms with Gasteiger partial charge in [-0.05, 0) is 24.8 Å². The lowest BCUT2D eigenvalue weighted by Gasteiger charge is -2.38. The molecule has 5 rings (SSSR count). The van der Waals surface area contributed by atoms with Gasteiger partial charge in [-0.15, -0.1) is 0 Å². The maximum Gasteiger partial charge on any atom is 0.343 e. The molecule has 1 saturated heterocycles. The van der Waals surface area contributed by atoms with Crippen LogP contribution in [-0.4, -0.2) is 45.5 Å². The third-order valence-corrected chi connectivity index (χ3v) is 6.76. The first kappa shape index (κ1) is 23.1. The number of ether oxygens (including phenoxy) is 2. The molecule has 0 radical (unpaired) electrons. The second-order valence-electron chi connectivity index (χ2n) is 10.2. The first-order valence-corrected chi connectivity index (χ1v) is 12.0. The van der Waals surface area contributed by atoms with E-state index in [4.69, 9.17) is 14.6 Å². The fourth-order valence-corrected chi connectivity index (χ4v) is 4.94. The number of benzene rings is 1. The Balaban J connectivity index is 1.62. The number of pyridine rings is 1. The van der Waals surface area contributed by atoms with Crippen LogP contribution in [0.25, 0.3) is 22.3 Å². The van der Waals surface area contributed by atoms with E-state index in [1.54, 1.807) is 13.1 Å². The third-order valence-electron chi connectivity index (χ3n) is 6.76. The molecule has 1 N–H and O–H groups in total. The number of esters is 1. The molecule has 1 aromatic carbocycles. The zero-order chi connectivity index (χ0) is 24.9. The van der Waals surface area contributed by atoms with Crippen molar-refractivity contribution in [3.8, 4) is 17.1 Å². The van der Waals surface area contributed by atoms with E-state index < -0.39 is 5.97 Å². The van der Waals surface area contributed by atoms with Gasteiger partial charge < -0.3 is 19.4 Å². The number of rotatable bonds is 5. The zero-order valence-electron chi connectivity index (χ0n) is 20.5. The number of nitrogens with one attached hydrogen (secondary N) is 1. The Morgan fingerprint density at radius 1 is 1.26 bits per heavy atom. The molecule has 1 unspecified atom stereocenters. The van der Waals surface area contributed by atoms with E-state index in [1.807, 2.05) is 27.4 Å². The quantitative estimate of drug-likeness (QED) is 0.565. The van der Waals surface area contributed by atoms with Crippen molar-refractivity contribution in [3.05, 3.63) is 46.2 Å². The van der Waals surface area contributed by atoms with Gasteiger partial charge in [-0.2, -0.15) is 5.10 Å². The van der Waals surface area contributed by atoms with Crippen LogP contribution in [0.5, 0.6) is 5.75 Å². The highest BCUT2D eigenvalue weighted by atomic mass is 16.5. The van der Waals surface area contributed by atoms with Crippen LogP contribution in [0.4, 0.5) is 0 Å². The minimum Gasteiger partial charge on any atom is -0.489 e. The number of carbonyl (C=O) groups is 2. The average Bonchev–Trinajstić information content (AvgIpc) is 3.39. The van der Waals surface area contributed by atoms with Gasteiger partial charge in [-0.25, -0.2) is 4.79 Å². The third kappa shape index (κ3) is 4.09. The van der Waals surface area contributed by atoms with Crippen LogP contribution < -0.4 is 15.5 Å². The second-order valence-corrected chi connectivity index (χ2v) is 10.2. The van der Waals surface area contributed by atoms with Crippen molar-refractivity contribution in [2.75, 3.05) is 13.2 Å². The van der Waals surface area contributed by atoms with Gasteiger partial charge in [0.1, 0.15) is 23.4 Å². The molecule has 1 amide bonds. The first-order valence-electron chi connectivity index (χ1n) is 12.0. The Labute approximate surface area is 203 Å². The number of hydrogen-bond donors (Lipinski definition) is 1. The lowest BCUT2D eigenvalue weighted by molar-refractivity contribution is -0.119. The van der Waals surface area contributed by atoms with E-state index >= 15 is 0 Å². The molecule has 1 fully saturated rings. The molecule has 0 aliphatic carbocycles. The summed E-state index contributed by atoms with van der Waals surface area (Å²) in [5, 5.41) is 8.67. The van der Waals surface area contributed by atoms with Gasteiger partial charge in [0.25, 0.3) is 0 Å². The Hall–Kier alpha value is -3.62. The highest BCUT2D eigenvalue weighted by Crippen LogP contribution is 2.43. The Morgan fingerprint density at radius 2 is 2.06 bits per heavy atom. The van der Waals surface area contributed by atoms with E-state index in [0.717, 1.165) is 17.5 Å². The first-order chi connectivity index (χ1) is 16.7. The van der Waals surface area contributed by atoms with E-state index in [0.29, 0.717) is 36.5 Å². The smallest absolute Gasteiger partial charge is 0.343 e. The molecule has 2 aliphatic heterocycles. The van der Waals surface area contributed by atoms with Gasteiger partial charge in [0.05, 0.1) is 36.6 Å². The molecule has 2 aromatic heterocycles. The van der Waals surface area contributed by atoms with Crippen LogP contribution in [0.15, 0.2) is 35.3 Å². The van der Waals surface area contributed by atoms with Gasteiger partial charge in [0.15, 0.2) is 5.43 Å². The molecule has 184 valence electrons. The normalized spacial score (nSPS) is 19.3. The van der Waals surface area contributed by atoms with Gasteiger partial charge in [-0.1, -0.05) is 32.9 Å². The van der Waals surface area contributed by atoms with Crippen LogP contribution in [0.2, 0.25) is 0 Å². The molecule has 0 saturated carbocycles. The molecule has 0 spiro atoms. The highest BCUT2D eigenvalue weighted by molar-refractivity contribution is 5.97. The lowest BCUT2D eigenvalue weighted by atomic mass is 9.85. The highest BCUT2D eigenvalue weighted by Gasteiger charge is 2.35. The average molecular weight is 479 g/mol. The largest absolute Gasteiger partial charge is 0.489 e. The Morgan fingerprint density at radius 3 is 2.74 bits per heavy atom. The molecule has 9 heteroatoms. The molecule has 3 aromatic rings. The number of aromatic nitrogens is 3. The predicted octanol–water partition coefficient (Wildman–Crippen LogP) is 3.30. The summed E-state index contributed by atoms with van der Waals surface area (Å²) >= 11 is 0. The molecule has 2 atom stereocenters. The minimum atomic E-state index is -0.612. The zero-order valence-corrected chi connectivity index (χ0v) is 20.5. The topological polar surface area (TPSA) is 104 Å². The molecule has 0 bridgehead atoms. The molecular formula is C26H30N4O5. The molecular weight excluding hydrogens is 448 g/mol. The predicted molar refractivity (Wildman–Crippen MR) is 131 cm³/mol. The van der Waals surface area contributed by atoms with Crippen molar-refractivity contribution in [1.82, 2.24) is 19.7 Å². The van der Waals surface area contributed by atoms with Crippen LogP contribution in [-0.2, 0) is 16.1 Å². The summed E-state index contributed by atoms with van der Waals surface area (Å²) < 4.78 is 15.2. The minimum absolute atomic E-state index is 0.0131. The van der Waals surface area contributed by atoms with Crippen molar-refractivity contribution in [2.24, 2.45) is 5.41 Å². The van der Waals surface area contributed by atoms with Crippen molar-refractivity contribution in [3.63, 3.8) is 0 Å². The fourth-order valence-electron chi connectivity index (χ4n) is 4.94. The lowest BCUT2D eigenvalue weighted by Crippen LogP contribution is -2.35. The summed E-state index contributed by atoms with van der Waals surface area (Å²) in [6.45, 7) is 9.25. The standard InChI is InChI=1S/C26H30N4O5/c1-5-34-25(33)17-12-29-18(11-19(17)31)24-16-7-6-8-20(35-14-15-9-10-22(32)27-15)23(16)28-30(24)13-21(29)26(2,3)4/h6-8,11-12,15,21H,5,9-10,13-14H2,1-4H3,(H,27,32)/t15-,21?/m0/s1. The van der Waals surface area contributed by atoms with Gasteiger partial charge in [0, 0.05) is 24.1 Å². The number of nitrogens with zero attached hydrogens (tertiary/aromatic N) is 3. The van der Waals surface area contributed by atoms with Gasteiger partial charge >= 0.3 is 5.97 Å². The van der Waals surface area contributed by atoms with Crippen molar-refractivity contribution >= 4 is 22.8 Å².